The van der Waals surface area contributed by atoms with E-state index in [1.165, 1.54) is 0 Å². The van der Waals surface area contributed by atoms with Crippen molar-refractivity contribution in [3.8, 4) is 28.5 Å². The van der Waals surface area contributed by atoms with E-state index in [0.29, 0.717) is 11.7 Å². The van der Waals surface area contributed by atoms with Gasteiger partial charge in [0, 0.05) is 16.0 Å². The second kappa shape index (κ2) is 8.10. The summed E-state index contributed by atoms with van der Waals surface area (Å²) >= 11 is 1.66. The minimum absolute atomic E-state index is 0.168. The van der Waals surface area contributed by atoms with Gasteiger partial charge in [0.15, 0.2) is 11.5 Å². The predicted molar refractivity (Wildman–Crippen MR) is 102 cm³/mol. The first kappa shape index (κ1) is 18.1. The third-order valence-corrected chi connectivity index (χ3v) is 4.53. The first-order valence-corrected chi connectivity index (χ1v) is 9.35. The molecule has 3 aromatic rings. The van der Waals surface area contributed by atoms with Crippen LogP contribution < -0.4 is 4.74 Å². The third kappa shape index (κ3) is 3.75. The lowest BCUT2D eigenvalue weighted by Crippen LogP contribution is -2.06. The molecule has 0 radical (unpaired) electrons. The number of oxazole rings is 1. The zero-order valence-electron chi connectivity index (χ0n) is 14.8. The van der Waals surface area contributed by atoms with Crippen LogP contribution in [0.2, 0.25) is 0 Å². The lowest BCUT2D eigenvalue weighted by Gasteiger charge is -2.03. The van der Waals surface area contributed by atoms with Crippen molar-refractivity contribution in [1.29, 1.82) is 0 Å². The van der Waals surface area contributed by atoms with Crippen molar-refractivity contribution >= 4 is 17.7 Å². The Morgan fingerprint density at radius 2 is 1.73 bits per heavy atom. The van der Waals surface area contributed by atoms with Gasteiger partial charge in [0.2, 0.25) is 5.89 Å². The van der Waals surface area contributed by atoms with Crippen LogP contribution in [0.4, 0.5) is 0 Å². The van der Waals surface area contributed by atoms with E-state index < -0.39 is 5.97 Å². The lowest BCUT2D eigenvalue weighted by molar-refractivity contribution is 0.0520. The topological polar surface area (TPSA) is 61.6 Å². The summed E-state index contributed by atoms with van der Waals surface area (Å²) in [5, 5.41) is 0. The minimum atomic E-state index is -0.506. The van der Waals surface area contributed by atoms with E-state index in [9.17, 15) is 4.79 Å². The van der Waals surface area contributed by atoms with E-state index in [2.05, 4.69) is 4.98 Å². The van der Waals surface area contributed by atoms with Gasteiger partial charge in [0.25, 0.3) is 0 Å². The molecule has 2 aromatic carbocycles. The molecule has 0 unspecified atom stereocenters. The molecule has 0 N–H and O–H groups in total. The number of thioether (sulfide) groups is 1. The van der Waals surface area contributed by atoms with Gasteiger partial charge in [-0.15, -0.1) is 11.8 Å². The van der Waals surface area contributed by atoms with Gasteiger partial charge in [-0.2, -0.15) is 0 Å². The van der Waals surface area contributed by atoms with Crippen LogP contribution in [-0.4, -0.2) is 30.9 Å². The van der Waals surface area contributed by atoms with Crippen molar-refractivity contribution < 1.29 is 18.7 Å². The fourth-order valence-corrected chi connectivity index (χ4v) is 2.86. The minimum Gasteiger partial charge on any atom is -0.497 e. The first-order chi connectivity index (χ1) is 12.7. The quantitative estimate of drug-likeness (QED) is 0.454. The van der Waals surface area contributed by atoms with Gasteiger partial charge in [-0.1, -0.05) is 0 Å². The van der Waals surface area contributed by atoms with Gasteiger partial charge in [-0.3, -0.25) is 0 Å². The Morgan fingerprint density at radius 3 is 2.31 bits per heavy atom. The molecule has 26 heavy (non-hydrogen) atoms. The summed E-state index contributed by atoms with van der Waals surface area (Å²) in [7, 11) is 1.60. The van der Waals surface area contributed by atoms with Gasteiger partial charge in [-0.25, -0.2) is 9.78 Å². The molecule has 1 aromatic heterocycles. The van der Waals surface area contributed by atoms with E-state index in [1.807, 2.05) is 42.7 Å². The summed E-state index contributed by atoms with van der Waals surface area (Å²) in [6.45, 7) is 2.03. The Balaban J connectivity index is 2.05. The number of carbonyl (C=O) groups is 1. The summed E-state index contributed by atoms with van der Waals surface area (Å²) in [6.07, 6.45) is 2.01. The predicted octanol–water partition coefficient (Wildman–Crippen LogP) is 4.92. The van der Waals surface area contributed by atoms with Crippen LogP contribution in [0.15, 0.2) is 57.8 Å². The highest BCUT2D eigenvalue weighted by Gasteiger charge is 2.23. The van der Waals surface area contributed by atoms with Crippen LogP contribution in [0.5, 0.6) is 5.75 Å². The highest BCUT2D eigenvalue weighted by atomic mass is 32.2. The van der Waals surface area contributed by atoms with E-state index in [1.54, 1.807) is 37.9 Å². The maximum absolute atomic E-state index is 12.3. The zero-order chi connectivity index (χ0) is 18.5. The molecule has 0 atom stereocenters. The largest absolute Gasteiger partial charge is 0.497 e. The average Bonchev–Trinajstić information content (AvgIpc) is 3.14. The van der Waals surface area contributed by atoms with Crippen LogP contribution in [0.3, 0.4) is 0 Å². The van der Waals surface area contributed by atoms with Crippen molar-refractivity contribution in [2.24, 2.45) is 0 Å². The number of benzene rings is 2. The summed E-state index contributed by atoms with van der Waals surface area (Å²) < 4.78 is 16.3. The maximum atomic E-state index is 12.3. The number of methoxy groups -OCH3 is 1. The molecule has 0 fully saturated rings. The number of rotatable bonds is 6. The molecule has 6 heteroatoms. The van der Waals surface area contributed by atoms with Gasteiger partial charge < -0.3 is 13.9 Å². The molecule has 134 valence electrons. The molecule has 0 aliphatic carbocycles. The number of ether oxygens (including phenoxy) is 2. The number of esters is 1. The molecule has 5 nitrogen and oxygen atoms in total. The third-order valence-electron chi connectivity index (χ3n) is 3.79. The van der Waals surface area contributed by atoms with Crippen molar-refractivity contribution in [3.05, 3.63) is 54.2 Å². The SMILES string of the molecule is CCOC(=O)c1nc(-c2ccc(SC)cc2)oc1-c1ccc(OC)cc1. The summed E-state index contributed by atoms with van der Waals surface area (Å²) in [6, 6.07) is 15.1. The van der Waals surface area contributed by atoms with Gasteiger partial charge in [0.05, 0.1) is 13.7 Å². The van der Waals surface area contributed by atoms with Crippen LogP contribution in [0.1, 0.15) is 17.4 Å². The zero-order valence-corrected chi connectivity index (χ0v) is 15.6. The Labute approximate surface area is 156 Å². The smallest absolute Gasteiger partial charge is 0.361 e. The van der Waals surface area contributed by atoms with Crippen LogP contribution in [-0.2, 0) is 4.74 Å². The van der Waals surface area contributed by atoms with Gasteiger partial charge >= 0.3 is 5.97 Å². The molecular formula is C20H19NO4S. The number of nitrogens with zero attached hydrogens (tertiary/aromatic N) is 1. The van der Waals surface area contributed by atoms with Crippen molar-refractivity contribution in [1.82, 2.24) is 4.98 Å². The fraction of sp³-hybridized carbons (Fsp3) is 0.200. The molecule has 0 spiro atoms. The Kier molecular flexibility index (Phi) is 5.63. The summed E-state index contributed by atoms with van der Waals surface area (Å²) in [4.78, 5) is 17.9. The summed E-state index contributed by atoms with van der Waals surface area (Å²) in [5.74, 6) is 0.981. The lowest BCUT2D eigenvalue weighted by atomic mass is 10.1. The van der Waals surface area contributed by atoms with Crippen molar-refractivity contribution in [2.45, 2.75) is 11.8 Å². The molecule has 1 heterocycles. The second-order valence-corrected chi connectivity index (χ2v) is 6.25. The molecule has 0 aliphatic heterocycles. The maximum Gasteiger partial charge on any atom is 0.361 e. The standard InChI is InChI=1S/C20H19NO4S/c1-4-24-20(22)17-18(13-5-9-15(23-2)10-6-13)25-19(21-17)14-7-11-16(26-3)12-8-14/h5-12H,4H2,1-3H3. The normalized spacial score (nSPS) is 10.6. The highest BCUT2D eigenvalue weighted by Crippen LogP contribution is 2.32. The Hall–Kier alpha value is -2.73. The average molecular weight is 369 g/mol. The molecular weight excluding hydrogens is 350 g/mol. The Bertz CT molecular complexity index is 885. The highest BCUT2D eigenvalue weighted by molar-refractivity contribution is 7.98. The summed E-state index contributed by atoms with van der Waals surface area (Å²) in [5.41, 5.74) is 1.70. The molecule has 0 aliphatic rings. The van der Waals surface area contributed by atoms with Gasteiger partial charge in [-0.05, 0) is 61.7 Å². The van der Waals surface area contributed by atoms with E-state index in [-0.39, 0.29) is 12.3 Å². The molecule has 3 rings (SSSR count). The molecule has 0 saturated carbocycles. The van der Waals surface area contributed by atoms with Crippen LogP contribution in [0, 0.1) is 0 Å². The number of hydrogen-bond acceptors (Lipinski definition) is 6. The fourth-order valence-electron chi connectivity index (χ4n) is 2.45. The number of hydrogen-bond donors (Lipinski definition) is 0. The molecule has 0 amide bonds. The Morgan fingerprint density at radius 1 is 1.08 bits per heavy atom. The molecule has 0 saturated heterocycles. The van der Waals surface area contributed by atoms with E-state index >= 15 is 0 Å². The van der Waals surface area contributed by atoms with Crippen LogP contribution in [0.25, 0.3) is 22.8 Å². The number of aromatic nitrogens is 1. The van der Waals surface area contributed by atoms with E-state index in [0.717, 1.165) is 21.8 Å². The number of carbonyl (C=O) groups excluding carboxylic acids is 1. The van der Waals surface area contributed by atoms with E-state index in [4.69, 9.17) is 13.9 Å². The van der Waals surface area contributed by atoms with Crippen molar-refractivity contribution in [3.63, 3.8) is 0 Å². The van der Waals surface area contributed by atoms with Crippen molar-refractivity contribution in [2.75, 3.05) is 20.0 Å². The second-order valence-electron chi connectivity index (χ2n) is 5.37. The first-order valence-electron chi connectivity index (χ1n) is 8.13. The van der Waals surface area contributed by atoms with Crippen LogP contribution >= 0.6 is 11.8 Å². The monoisotopic (exact) mass is 369 g/mol. The molecule has 0 bridgehead atoms. The van der Waals surface area contributed by atoms with Gasteiger partial charge in [0.1, 0.15) is 5.75 Å².